The van der Waals surface area contributed by atoms with Crippen LogP contribution in [0.2, 0.25) is 0 Å². The molecule has 0 radical (unpaired) electrons. The highest BCUT2D eigenvalue weighted by Crippen LogP contribution is 2.36. The minimum Gasteiger partial charge on any atom is -0.497 e. The number of hydrogen-bond acceptors (Lipinski definition) is 4. The molecule has 154 valence electrons. The lowest BCUT2D eigenvalue weighted by Crippen LogP contribution is -2.33. The lowest BCUT2D eigenvalue weighted by molar-refractivity contribution is -0.130. The maximum Gasteiger partial charge on any atom is 0.251 e. The highest BCUT2D eigenvalue weighted by Gasteiger charge is 2.29. The zero-order chi connectivity index (χ0) is 20.8. The molecule has 0 bridgehead atoms. The molecule has 1 fully saturated rings. The minimum atomic E-state index is -0.395. The fourth-order valence-corrected chi connectivity index (χ4v) is 3.54. The molecule has 0 saturated carbocycles. The first-order valence-electron chi connectivity index (χ1n) is 9.55. The van der Waals surface area contributed by atoms with Crippen molar-refractivity contribution in [2.45, 2.75) is 18.8 Å². The van der Waals surface area contributed by atoms with Crippen LogP contribution in [0.5, 0.6) is 11.5 Å². The van der Waals surface area contributed by atoms with Crippen LogP contribution in [0.15, 0.2) is 42.5 Å². The number of hydrogen-bond donors (Lipinski definition) is 1. The summed E-state index contributed by atoms with van der Waals surface area (Å²) in [6.45, 7) is 1.50. The number of carbonyl (C=O) groups is 2. The van der Waals surface area contributed by atoms with Gasteiger partial charge in [-0.25, -0.2) is 4.39 Å². The molecular weight excluding hydrogens is 375 g/mol. The molecule has 1 atom stereocenters. The van der Waals surface area contributed by atoms with E-state index < -0.39 is 5.82 Å². The Morgan fingerprint density at radius 2 is 1.90 bits per heavy atom. The van der Waals surface area contributed by atoms with Gasteiger partial charge in [-0.1, -0.05) is 0 Å². The molecule has 0 aromatic heterocycles. The third kappa shape index (κ3) is 5.04. The summed E-state index contributed by atoms with van der Waals surface area (Å²) in [4.78, 5) is 26.4. The molecule has 1 N–H and O–H groups in total. The summed E-state index contributed by atoms with van der Waals surface area (Å²) >= 11 is 0. The van der Waals surface area contributed by atoms with Crippen molar-refractivity contribution >= 4 is 11.8 Å². The summed E-state index contributed by atoms with van der Waals surface area (Å²) in [6.07, 6.45) is 1.06. The number of ether oxygens (including phenoxy) is 2. The van der Waals surface area contributed by atoms with E-state index in [1.165, 1.54) is 24.3 Å². The van der Waals surface area contributed by atoms with Crippen molar-refractivity contribution in [2.75, 3.05) is 33.9 Å². The van der Waals surface area contributed by atoms with E-state index in [1.54, 1.807) is 14.2 Å². The van der Waals surface area contributed by atoms with Gasteiger partial charge in [-0.05, 0) is 48.9 Å². The van der Waals surface area contributed by atoms with E-state index in [-0.39, 0.29) is 30.7 Å². The van der Waals surface area contributed by atoms with Crippen molar-refractivity contribution in [1.82, 2.24) is 10.2 Å². The second kappa shape index (κ2) is 9.41. The van der Waals surface area contributed by atoms with Gasteiger partial charge in [0.1, 0.15) is 17.3 Å². The molecule has 29 heavy (non-hydrogen) atoms. The van der Waals surface area contributed by atoms with Crippen LogP contribution in [0.25, 0.3) is 0 Å². The summed E-state index contributed by atoms with van der Waals surface area (Å²) in [5, 5.41) is 2.70. The quantitative estimate of drug-likeness (QED) is 0.776. The second-order valence-electron chi connectivity index (χ2n) is 6.95. The van der Waals surface area contributed by atoms with Crippen molar-refractivity contribution in [3.8, 4) is 11.5 Å². The van der Waals surface area contributed by atoms with E-state index in [2.05, 4.69) is 5.32 Å². The smallest absolute Gasteiger partial charge is 0.251 e. The number of benzene rings is 2. The Morgan fingerprint density at radius 3 is 2.59 bits per heavy atom. The normalized spacial score (nSPS) is 15.8. The third-order valence-electron chi connectivity index (χ3n) is 5.15. The summed E-state index contributed by atoms with van der Waals surface area (Å²) in [5.74, 6) is 1.00. The van der Waals surface area contributed by atoms with Gasteiger partial charge in [0.2, 0.25) is 5.91 Å². The Balaban J connectivity index is 1.52. The number of nitrogens with one attached hydrogen (secondary N) is 1. The molecule has 1 saturated heterocycles. The van der Waals surface area contributed by atoms with Crippen LogP contribution >= 0.6 is 0 Å². The molecule has 0 unspecified atom stereocenters. The Hall–Kier alpha value is -3.09. The highest BCUT2D eigenvalue weighted by atomic mass is 19.1. The first kappa shape index (κ1) is 20.6. The standard InChI is InChI=1S/C22H25FN2O4/c1-28-18-7-8-20(29-2)19(13-18)16-10-12-25(14-16)21(26)9-11-24-22(27)15-3-5-17(23)6-4-15/h3-8,13,16H,9-12,14H2,1-2H3,(H,24,27)/t16-/m1/s1. The fourth-order valence-electron chi connectivity index (χ4n) is 3.54. The molecular formula is C22H25FN2O4. The molecule has 7 heteroatoms. The van der Waals surface area contributed by atoms with Gasteiger partial charge >= 0.3 is 0 Å². The summed E-state index contributed by atoms with van der Waals surface area (Å²) < 4.78 is 23.7. The molecule has 2 aromatic rings. The molecule has 1 heterocycles. The number of nitrogens with zero attached hydrogens (tertiary/aromatic N) is 1. The first-order chi connectivity index (χ1) is 14.0. The summed E-state index contributed by atoms with van der Waals surface area (Å²) in [5.41, 5.74) is 1.40. The number of halogens is 1. The van der Waals surface area contributed by atoms with Gasteiger partial charge in [0.25, 0.3) is 5.91 Å². The predicted molar refractivity (Wildman–Crippen MR) is 107 cm³/mol. The van der Waals surface area contributed by atoms with Crippen molar-refractivity contribution in [3.63, 3.8) is 0 Å². The van der Waals surface area contributed by atoms with E-state index in [9.17, 15) is 14.0 Å². The summed E-state index contributed by atoms with van der Waals surface area (Å²) in [7, 11) is 3.25. The number of carbonyl (C=O) groups excluding carboxylic acids is 2. The van der Waals surface area contributed by atoms with Crippen LogP contribution in [0.3, 0.4) is 0 Å². The van der Waals surface area contributed by atoms with Gasteiger partial charge < -0.3 is 19.7 Å². The Kier molecular flexibility index (Phi) is 6.69. The molecule has 0 spiro atoms. The van der Waals surface area contributed by atoms with E-state index >= 15 is 0 Å². The topological polar surface area (TPSA) is 67.9 Å². The van der Waals surface area contributed by atoms with Crippen LogP contribution in [0.1, 0.15) is 34.7 Å². The second-order valence-corrected chi connectivity index (χ2v) is 6.95. The largest absolute Gasteiger partial charge is 0.497 e. The van der Waals surface area contributed by atoms with Crippen LogP contribution < -0.4 is 14.8 Å². The van der Waals surface area contributed by atoms with Crippen molar-refractivity contribution in [1.29, 1.82) is 0 Å². The number of amides is 2. The zero-order valence-electron chi connectivity index (χ0n) is 16.6. The molecule has 1 aliphatic rings. The Labute approximate surface area is 169 Å². The first-order valence-corrected chi connectivity index (χ1v) is 9.55. The number of rotatable bonds is 7. The van der Waals surface area contributed by atoms with Crippen LogP contribution in [-0.4, -0.2) is 50.6 Å². The molecule has 1 aliphatic heterocycles. The Bertz CT molecular complexity index is 870. The maximum atomic E-state index is 12.9. The maximum absolute atomic E-state index is 12.9. The molecule has 0 aliphatic carbocycles. The number of likely N-dealkylation sites (tertiary alicyclic amines) is 1. The summed E-state index contributed by atoms with van der Waals surface area (Å²) in [6, 6.07) is 11.0. The molecule has 3 rings (SSSR count). The average Bonchev–Trinajstić information content (AvgIpc) is 3.23. The van der Waals surface area contributed by atoms with Gasteiger partial charge in [0, 0.05) is 43.1 Å². The highest BCUT2D eigenvalue weighted by molar-refractivity contribution is 5.94. The minimum absolute atomic E-state index is 0.00577. The van der Waals surface area contributed by atoms with Crippen LogP contribution in [0, 0.1) is 5.82 Å². The molecule has 2 amide bonds. The third-order valence-corrected chi connectivity index (χ3v) is 5.15. The fraction of sp³-hybridized carbons (Fsp3) is 0.364. The average molecular weight is 400 g/mol. The van der Waals surface area contributed by atoms with Crippen molar-refractivity contribution < 1.29 is 23.5 Å². The van der Waals surface area contributed by atoms with Gasteiger partial charge in [-0.15, -0.1) is 0 Å². The number of methoxy groups -OCH3 is 2. The lowest BCUT2D eigenvalue weighted by Gasteiger charge is -2.18. The van der Waals surface area contributed by atoms with Crippen LogP contribution in [-0.2, 0) is 4.79 Å². The van der Waals surface area contributed by atoms with E-state index in [4.69, 9.17) is 9.47 Å². The van der Waals surface area contributed by atoms with Gasteiger partial charge in [-0.3, -0.25) is 9.59 Å². The van der Waals surface area contributed by atoms with Crippen molar-refractivity contribution in [3.05, 3.63) is 59.4 Å². The molecule has 6 nitrogen and oxygen atoms in total. The predicted octanol–water partition coefficient (Wildman–Crippen LogP) is 2.98. The van der Waals surface area contributed by atoms with Gasteiger partial charge in [-0.2, -0.15) is 0 Å². The Morgan fingerprint density at radius 1 is 1.14 bits per heavy atom. The van der Waals surface area contributed by atoms with Crippen molar-refractivity contribution in [2.24, 2.45) is 0 Å². The van der Waals surface area contributed by atoms with Crippen LogP contribution in [0.4, 0.5) is 4.39 Å². The SMILES string of the molecule is COc1ccc(OC)c([C@@H]2CCN(C(=O)CCNC(=O)c3ccc(F)cc3)C2)c1. The van der Waals surface area contributed by atoms with Gasteiger partial charge in [0.05, 0.1) is 14.2 Å². The molecule has 2 aromatic carbocycles. The zero-order valence-corrected chi connectivity index (χ0v) is 16.6. The van der Waals surface area contributed by atoms with E-state index in [0.717, 1.165) is 23.5 Å². The van der Waals surface area contributed by atoms with E-state index in [1.807, 2.05) is 23.1 Å². The monoisotopic (exact) mass is 400 g/mol. The van der Waals surface area contributed by atoms with E-state index in [0.29, 0.717) is 18.7 Å². The van der Waals surface area contributed by atoms with Gasteiger partial charge in [0.15, 0.2) is 0 Å². The lowest BCUT2D eigenvalue weighted by atomic mass is 9.97.